The van der Waals surface area contributed by atoms with Crippen molar-refractivity contribution < 1.29 is 48.0 Å². The Bertz CT molecular complexity index is 962. The van der Waals surface area contributed by atoms with Gasteiger partial charge in [0.05, 0.1) is 13.2 Å². The number of hydrogen-bond acceptors (Lipinski definition) is 10. The van der Waals surface area contributed by atoms with Gasteiger partial charge in [-0.1, -0.05) is 53.5 Å². The fraction of sp³-hybridized carbons (Fsp3) is 0.643. The fourth-order valence-corrected chi connectivity index (χ4v) is 3.49. The maximum atomic E-state index is 12.2. The Hall–Kier alpha value is -3.34. The van der Waals surface area contributed by atoms with Crippen molar-refractivity contribution in [2.24, 2.45) is 17.6 Å². The van der Waals surface area contributed by atoms with Crippen molar-refractivity contribution in [3.05, 3.63) is 23.8 Å². The Morgan fingerprint density at radius 1 is 0.897 bits per heavy atom. The molecule has 0 aliphatic heterocycles. The maximum absolute atomic E-state index is 12.2. The minimum absolute atomic E-state index is 0.0572. The average Bonchev–Trinajstić information content (AvgIpc) is 2.83. The van der Waals surface area contributed by atoms with Crippen molar-refractivity contribution >= 4 is 24.2 Å². The third-order valence-electron chi connectivity index (χ3n) is 5.38. The number of carboxylic acid groups (broad SMARTS) is 1. The van der Waals surface area contributed by atoms with Crippen molar-refractivity contribution in [1.82, 2.24) is 0 Å². The molecule has 39 heavy (non-hydrogen) atoms. The van der Waals surface area contributed by atoms with Gasteiger partial charge in [0, 0.05) is 19.3 Å². The smallest absolute Gasteiger partial charge is 0.480 e. The molecule has 220 valence electrons. The summed E-state index contributed by atoms with van der Waals surface area (Å²) in [5.41, 5.74) is 4.82. The lowest BCUT2D eigenvalue weighted by Crippen LogP contribution is -2.52. The number of hydrogen-bond donors (Lipinski definition) is 2. The minimum atomic E-state index is -1.81. The molecule has 0 saturated carbocycles. The second-order valence-corrected chi connectivity index (χ2v) is 10.5. The van der Waals surface area contributed by atoms with Crippen LogP contribution in [0.25, 0.3) is 0 Å². The monoisotopic (exact) mass is 553 g/mol. The van der Waals surface area contributed by atoms with Crippen LogP contribution in [0.5, 0.6) is 11.5 Å². The van der Waals surface area contributed by atoms with Crippen molar-refractivity contribution in [2.75, 3.05) is 13.2 Å². The first kappa shape index (κ1) is 33.7. The summed E-state index contributed by atoms with van der Waals surface area (Å²) in [4.78, 5) is 48.6. The van der Waals surface area contributed by atoms with Crippen molar-refractivity contribution in [3.8, 4) is 11.5 Å². The molecule has 0 radical (unpaired) electrons. The molecular weight excluding hydrogens is 510 g/mol. The highest BCUT2D eigenvalue weighted by molar-refractivity contribution is 5.79. The van der Waals surface area contributed by atoms with Crippen LogP contribution in [0.15, 0.2) is 18.2 Å². The van der Waals surface area contributed by atoms with Gasteiger partial charge in [0.2, 0.25) is 0 Å². The Balaban J connectivity index is 3.10. The summed E-state index contributed by atoms with van der Waals surface area (Å²) in [7, 11) is 0. The molecule has 1 rings (SSSR count). The summed E-state index contributed by atoms with van der Waals surface area (Å²) in [5, 5.41) is 9.91. The number of aliphatic carboxylic acids is 1. The first-order valence-corrected chi connectivity index (χ1v) is 13.3. The highest BCUT2D eigenvalue weighted by Gasteiger charge is 2.37. The second-order valence-electron chi connectivity index (χ2n) is 10.5. The van der Waals surface area contributed by atoms with Crippen LogP contribution in [0.1, 0.15) is 79.2 Å². The number of ether oxygens (including phenoxy) is 5. The average molecular weight is 554 g/mol. The van der Waals surface area contributed by atoms with E-state index in [2.05, 4.69) is 0 Å². The van der Waals surface area contributed by atoms with Gasteiger partial charge in [-0.3, -0.25) is 9.59 Å². The predicted octanol–water partition coefficient (Wildman–Crippen LogP) is 5.26. The quantitative estimate of drug-likeness (QED) is 0.119. The van der Waals surface area contributed by atoms with Crippen LogP contribution < -0.4 is 15.2 Å². The highest BCUT2D eigenvalue weighted by Crippen LogP contribution is 2.31. The van der Waals surface area contributed by atoms with Crippen molar-refractivity contribution in [3.63, 3.8) is 0 Å². The largest absolute Gasteiger partial charge is 0.513 e. The molecule has 0 fully saturated rings. The second kappa shape index (κ2) is 16.6. The van der Waals surface area contributed by atoms with Crippen LogP contribution in [-0.2, 0) is 30.2 Å². The number of carbonyl (C=O) groups is 4. The van der Waals surface area contributed by atoms with Gasteiger partial charge in [0.15, 0.2) is 11.5 Å². The molecule has 11 nitrogen and oxygen atoms in total. The first-order chi connectivity index (χ1) is 18.2. The maximum Gasteiger partial charge on any atom is 0.513 e. The zero-order valence-corrected chi connectivity index (χ0v) is 23.8. The standard InChI is InChI=1S/C28H43NO10/c1-7-8-9-10-24(30)37-20(6)14-28(29,25(31)32)15-21-11-12-22(38-26(33)35-16-18(2)3)23(13-21)39-27(34)36-17-19(4)5/h11-13,18-20H,7-10,14-17,29H2,1-6H3,(H,31,32)/t20-,28?/m0/s1. The molecule has 2 atom stereocenters. The Labute approximate surface area is 230 Å². The molecule has 0 amide bonds. The van der Waals surface area contributed by atoms with Crippen LogP contribution in [0.2, 0.25) is 0 Å². The van der Waals surface area contributed by atoms with Crippen LogP contribution in [0.3, 0.4) is 0 Å². The summed E-state index contributed by atoms with van der Waals surface area (Å²) >= 11 is 0. The van der Waals surface area contributed by atoms with Gasteiger partial charge in [-0.15, -0.1) is 0 Å². The van der Waals surface area contributed by atoms with E-state index in [9.17, 15) is 24.3 Å². The Kier molecular flexibility index (Phi) is 14.3. The normalized spacial score (nSPS) is 13.4. The molecule has 0 bridgehead atoms. The van der Waals surface area contributed by atoms with Gasteiger partial charge in [-0.25, -0.2) is 9.59 Å². The van der Waals surface area contributed by atoms with E-state index in [-0.39, 0.29) is 55.8 Å². The van der Waals surface area contributed by atoms with Crippen molar-refractivity contribution in [2.45, 2.75) is 91.7 Å². The van der Waals surface area contributed by atoms with Gasteiger partial charge < -0.3 is 34.5 Å². The SMILES string of the molecule is CCCCCC(=O)O[C@@H](C)CC(N)(Cc1ccc(OC(=O)OCC(C)C)c(OC(=O)OCC(C)C)c1)C(=O)O. The Morgan fingerprint density at radius 3 is 1.97 bits per heavy atom. The lowest BCUT2D eigenvalue weighted by Gasteiger charge is -2.28. The van der Waals surface area contributed by atoms with Crippen LogP contribution in [0, 0.1) is 11.8 Å². The lowest BCUT2D eigenvalue weighted by atomic mass is 9.86. The third kappa shape index (κ3) is 13.3. The molecule has 11 heteroatoms. The summed E-state index contributed by atoms with van der Waals surface area (Å²) in [5.74, 6) is -1.87. The van der Waals surface area contributed by atoms with E-state index in [1.54, 1.807) is 6.92 Å². The van der Waals surface area contributed by atoms with E-state index in [1.807, 2.05) is 34.6 Å². The number of rotatable bonds is 16. The summed E-state index contributed by atoms with van der Waals surface area (Å²) in [6.45, 7) is 11.2. The molecule has 1 aromatic rings. The molecular formula is C28H43NO10. The number of nitrogens with two attached hydrogens (primary N) is 1. The molecule has 0 aromatic heterocycles. The molecule has 0 saturated heterocycles. The van der Waals surface area contributed by atoms with Gasteiger partial charge in [-0.05, 0) is 42.9 Å². The first-order valence-electron chi connectivity index (χ1n) is 13.3. The molecule has 0 aliphatic rings. The molecule has 0 spiro atoms. The van der Waals surface area contributed by atoms with Crippen LogP contribution >= 0.6 is 0 Å². The van der Waals surface area contributed by atoms with E-state index in [1.165, 1.54) is 18.2 Å². The summed E-state index contributed by atoms with van der Waals surface area (Å²) < 4.78 is 25.9. The van der Waals surface area contributed by atoms with Gasteiger partial charge >= 0.3 is 24.2 Å². The molecule has 0 heterocycles. The zero-order chi connectivity index (χ0) is 29.6. The van der Waals surface area contributed by atoms with E-state index in [0.29, 0.717) is 12.0 Å². The van der Waals surface area contributed by atoms with Crippen LogP contribution in [-0.4, -0.2) is 54.2 Å². The number of esters is 1. The van der Waals surface area contributed by atoms with E-state index in [0.717, 1.165) is 12.8 Å². The molecule has 1 aromatic carbocycles. The van der Waals surface area contributed by atoms with E-state index < -0.39 is 35.9 Å². The number of unbranched alkanes of at least 4 members (excludes halogenated alkanes) is 2. The zero-order valence-electron chi connectivity index (χ0n) is 23.8. The Morgan fingerprint density at radius 2 is 1.46 bits per heavy atom. The summed E-state index contributed by atoms with van der Waals surface area (Å²) in [6, 6.07) is 4.17. The van der Waals surface area contributed by atoms with Crippen LogP contribution in [0.4, 0.5) is 9.59 Å². The number of carboxylic acids is 1. The predicted molar refractivity (Wildman–Crippen MR) is 143 cm³/mol. The lowest BCUT2D eigenvalue weighted by molar-refractivity contribution is -0.153. The van der Waals surface area contributed by atoms with E-state index in [4.69, 9.17) is 29.4 Å². The highest BCUT2D eigenvalue weighted by atomic mass is 16.7. The summed E-state index contributed by atoms with van der Waals surface area (Å²) in [6.07, 6.45) is -0.341. The topological polar surface area (TPSA) is 161 Å². The fourth-order valence-electron chi connectivity index (χ4n) is 3.49. The van der Waals surface area contributed by atoms with E-state index >= 15 is 0 Å². The van der Waals surface area contributed by atoms with Gasteiger partial charge in [0.25, 0.3) is 0 Å². The molecule has 1 unspecified atom stereocenters. The third-order valence-corrected chi connectivity index (χ3v) is 5.38. The van der Waals surface area contributed by atoms with Gasteiger partial charge in [-0.2, -0.15) is 0 Å². The number of carbonyl (C=O) groups excluding carboxylic acids is 3. The van der Waals surface area contributed by atoms with Gasteiger partial charge in [0.1, 0.15) is 11.6 Å². The number of benzene rings is 1. The molecule has 0 aliphatic carbocycles. The minimum Gasteiger partial charge on any atom is -0.480 e. The molecule has 3 N–H and O–H groups in total. The van der Waals surface area contributed by atoms with Crippen molar-refractivity contribution in [1.29, 1.82) is 0 Å².